The van der Waals surface area contributed by atoms with Crippen LogP contribution in [0.1, 0.15) is 45.9 Å². The Kier molecular flexibility index (Phi) is 8.75. The molecule has 0 N–H and O–H groups in total. The third-order valence-corrected chi connectivity index (χ3v) is 4.28. The van der Waals surface area contributed by atoms with Gasteiger partial charge in [0.1, 0.15) is 22.8 Å². The van der Waals surface area contributed by atoms with E-state index in [-0.39, 0.29) is 33.6 Å². The second-order valence-electron chi connectivity index (χ2n) is 5.66. The summed E-state index contributed by atoms with van der Waals surface area (Å²) in [7, 11) is 0. The van der Waals surface area contributed by atoms with Gasteiger partial charge < -0.3 is 0 Å². The van der Waals surface area contributed by atoms with E-state index >= 15 is 0 Å². The van der Waals surface area contributed by atoms with Crippen molar-refractivity contribution in [3.8, 4) is 0 Å². The van der Waals surface area contributed by atoms with Crippen LogP contribution in [0.25, 0.3) is 0 Å². The number of rotatable bonds is 4. The van der Waals surface area contributed by atoms with Crippen LogP contribution >= 0.6 is 0 Å². The molecule has 0 fully saturated rings. The van der Waals surface area contributed by atoms with Crippen LogP contribution in [0.15, 0.2) is 78.9 Å². The Hall–Kier alpha value is -2.81. The lowest BCUT2D eigenvalue weighted by Crippen LogP contribution is -2.37. The van der Waals surface area contributed by atoms with Gasteiger partial charge in [-0.1, -0.05) is 89.0 Å². The summed E-state index contributed by atoms with van der Waals surface area (Å²) in [6.45, 7) is 1.43. The Labute approximate surface area is 161 Å². The van der Waals surface area contributed by atoms with Gasteiger partial charge in [0.05, 0.1) is 0 Å². The summed E-state index contributed by atoms with van der Waals surface area (Å²) in [5.41, 5.74) is 0.123. The average Bonchev–Trinajstić information content (AvgIpc) is 2.59. The van der Waals surface area contributed by atoms with Crippen molar-refractivity contribution in [3.63, 3.8) is 0 Å². The van der Waals surface area contributed by atoms with E-state index in [0.29, 0.717) is 11.1 Å². The Bertz CT molecular complexity index is 819. The number of hydrogen-bond donors (Lipinski definition) is 0. The lowest BCUT2D eigenvalue weighted by molar-refractivity contribution is -0.120. The predicted octanol–water partition coefficient (Wildman–Crippen LogP) is 6.80. The van der Waals surface area contributed by atoms with Crippen molar-refractivity contribution in [2.24, 2.45) is 0 Å². The number of ketones is 1. The number of halogens is 2. The third-order valence-electron chi connectivity index (χ3n) is 4.28. The van der Waals surface area contributed by atoms with E-state index in [9.17, 15) is 13.6 Å². The molecule has 0 aliphatic heterocycles. The van der Waals surface area contributed by atoms with Crippen LogP contribution in [0.2, 0.25) is 0 Å². The van der Waals surface area contributed by atoms with Crippen molar-refractivity contribution in [3.05, 3.63) is 107 Å². The van der Waals surface area contributed by atoms with Gasteiger partial charge in [-0.15, -0.1) is 0 Å². The Morgan fingerprint density at radius 1 is 0.741 bits per heavy atom. The predicted molar refractivity (Wildman–Crippen MR) is 110 cm³/mol. The second-order valence-corrected chi connectivity index (χ2v) is 5.66. The third kappa shape index (κ3) is 4.13. The molecule has 3 aromatic rings. The maximum absolute atomic E-state index is 14.7. The molecule has 0 heterocycles. The molecule has 3 aromatic carbocycles. The van der Waals surface area contributed by atoms with Gasteiger partial charge in [-0.05, 0) is 24.1 Å². The van der Waals surface area contributed by atoms with Crippen LogP contribution in [-0.4, -0.2) is 5.78 Å². The molecule has 0 aliphatic rings. The van der Waals surface area contributed by atoms with E-state index in [1.165, 1.54) is 19.1 Å². The van der Waals surface area contributed by atoms with Crippen LogP contribution in [-0.2, 0) is 10.2 Å². The first-order valence-electron chi connectivity index (χ1n) is 7.64. The van der Waals surface area contributed by atoms with E-state index in [4.69, 9.17) is 0 Å². The maximum Gasteiger partial charge on any atom is 0.149 e. The molecule has 27 heavy (non-hydrogen) atoms. The molecular formula is C24H28F2O. The van der Waals surface area contributed by atoms with Crippen molar-refractivity contribution < 1.29 is 13.6 Å². The SMILES string of the molecule is C.C.C.CC(=O)C(c1ccccc1)(c1ccccc1)c1ccc(F)cc1F. The zero-order chi connectivity index (χ0) is 17.2. The zero-order valence-electron chi connectivity index (χ0n) is 13.2. The van der Waals surface area contributed by atoms with Crippen molar-refractivity contribution in [1.29, 1.82) is 0 Å². The van der Waals surface area contributed by atoms with Crippen molar-refractivity contribution in [2.75, 3.05) is 0 Å². The molecule has 3 rings (SSSR count). The van der Waals surface area contributed by atoms with Crippen LogP contribution in [0.5, 0.6) is 0 Å². The number of benzene rings is 3. The smallest absolute Gasteiger partial charge is 0.149 e. The molecule has 0 unspecified atom stereocenters. The van der Waals surface area contributed by atoms with Gasteiger partial charge in [-0.3, -0.25) is 4.79 Å². The molecule has 0 aliphatic carbocycles. The van der Waals surface area contributed by atoms with Crippen LogP contribution in [0.4, 0.5) is 8.78 Å². The molecule has 0 amide bonds. The highest BCUT2D eigenvalue weighted by Gasteiger charge is 2.43. The van der Waals surface area contributed by atoms with Crippen molar-refractivity contribution in [2.45, 2.75) is 34.6 Å². The topological polar surface area (TPSA) is 17.1 Å². The van der Waals surface area contributed by atoms with E-state index in [1.54, 1.807) is 48.5 Å². The minimum absolute atomic E-state index is 0. The van der Waals surface area contributed by atoms with Crippen LogP contribution in [0, 0.1) is 11.6 Å². The normalized spacial score (nSPS) is 10.0. The standard InChI is InChI=1S/C21H16F2O.3CH4/c1-15(24)21(16-8-4-2-5-9-16,17-10-6-3-7-11-17)19-13-12-18(22)14-20(19)23;;;/h2-14H,1H3;3*1H4. The highest BCUT2D eigenvalue weighted by molar-refractivity contribution is 5.96. The van der Waals surface area contributed by atoms with Gasteiger partial charge in [-0.25, -0.2) is 8.78 Å². The fraction of sp³-hybridized carbons (Fsp3) is 0.208. The average molecular weight is 370 g/mol. The van der Waals surface area contributed by atoms with E-state index < -0.39 is 17.0 Å². The quantitative estimate of drug-likeness (QED) is 0.462. The van der Waals surface area contributed by atoms with Gasteiger partial charge in [0.25, 0.3) is 0 Å². The molecule has 0 saturated carbocycles. The van der Waals surface area contributed by atoms with Crippen LogP contribution < -0.4 is 0 Å². The first kappa shape index (κ1) is 24.2. The number of carbonyl (C=O) groups is 1. The number of carbonyl (C=O) groups excluding carboxylic acids is 1. The fourth-order valence-electron chi connectivity index (χ4n) is 3.24. The molecule has 0 aromatic heterocycles. The molecule has 0 saturated heterocycles. The van der Waals surface area contributed by atoms with E-state index in [1.807, 2.05) is 12.1 Å². The monoisotopic (exact) mass is 370 g/mol. The minimum atomic E-state index is -1.32. The van der Waals surface area contributed by atoms with Crippen LogP contribution in [0.3, 0.4) is 0 Å². The molecule has 0 spiro atoms. The summed E-state index contributed by atoms with van der Waals surface area (Å²) < 4.78 is 28.1. The van der Waals surface area contributed by atoms with Gasteiger partial charge in [-0.2, -0.15) is 0 Å². The Balaban J connectivity index is 0.00000225. The molecule has 144 valence electrons. The van der Waals surface area contributed by atoms with Gasteiger partial charge in [0.2, 0.25) is 0 Å². The fourth-order valence-corrected chi connectivity index (χ4v) is 3.24. The van der Waals surface area contributed by atoms with E-state index in [2.05, 4.69) is 0 Å². The first-order chi connectivity index (χ1) is 11.6. The highest BCUT2D eigenvalue weighted by Crippen LogP contribution is 2.41. The molecular weight excluding hydrogens is 342 g/mol. The maximum atomic E-state index is 14.7. The lowest BCUT2D eigenvalue weighted by atomic mass is 9.67. The Morgan fingerprint density at radius 2 is 1.19 bits per heavy atom. The molecule has 0 bridgehead atoms. The first-order valence-corrected chi connectivity index (χ1v) is 7.64. The lowest BCUT2D eigenvalue weighted by Gasteiger charge is -2.33. The Morgan fingerprint density at radius 3 is 1.56 bits per heavy atom. The summed E-state index contributed by atoms with van der Waals surface area (Å²) in [5, 5.41) is 0. The minimum Gasteiger partial charge on any atom is -0.298 e. The number of hydrogen-bond acceptors (Lipinski definition) is 1. The molecule has 1 nitrogen and oxygen atoms in total. The summed E-state index contributed by atoms with van der Waals surface area (Å²) in [6, 6.07) is 21.4. The highest BCUT2D eigenvalue weighted by atomic mass is 19.1. The number of Topliss-reactive ketones (excluding diaryl/α,β-unsaturated/α-hetero) is 1. The molecule has 0 radical (unpaired) electrons. The summed E-state index contributed by atoms with van der Waals surface area (Å²) in [6.07, 6.45) is 0. The largest absolute Gasteiger partial charge is 0.298 e. The van der Waals surface area contributed by atoms with Crippen molar-refractivity contribution >= 4 is 5.78 Å². The zero-order valence-corrected chi connectivity index (χ0v) is 13.2. The van der Waals surface area contributed by atoms with E-state index in [0.717, 1.165) is 6.07 Å². The molecule has 0 atom stereocenters. The van der Waals surface area contributed by atoms with Gasteiger partial charge in [0, 0.05) is 11.6 Å². The van der Waals surface area contributed by atoms with Gasteiger partial charge >= 0.3 is 0 Å². The second kappa shape index (κ2) is 9.77. The summed E-state index contributed by atoms with van der Waals surface area (Å²) in [4.78, 5) is 12.8. The molecule has 3 heteroatoms. The summed E-state index contributed by atoms with van der Waals surface area (Å²) >= 11 is 0. The summed E-state index contributed by atoms with van der Waals surface area (Å²) in [5.74, 6) is -1.64. The van der Waals surface area contributed by atoms with Gasteiger partial charge in [0.15, 0.2) is 0 Å². The van der Waals surface area contributed by atoms with Crippen molar-refractivity contribution in [1.82, 2.24) is 0 Å².